The van der Waals surface area contributed by atoms with Gasteiger partial charge in [-0.3, -0.25) is 14.6 Å². The zero-order valence-corrected chi connectivity index (χ0v) is 22.9. The molecule has 2 saturated heterocycles. The number of carbonyl (C=O) groups is 2. The van der Waals surface area contributed by atoms with E-state index in [9.17, 15) is 9.59 Å². The lowest BCUT2D eigenvalue weighted by molar-refractivity contribution is -0.133. The molecule has 2 fully saturated rings. The summed E-state index contributed by atoms with van der Waals surface area (Å²) >= 11 is 0. The minimum Gasteiger partial charge on any atom is -0.493 e. The Labute approximate surface area is 231 Å². The standard InChI is InChI=1S/C30H42N6O3/c37-29(34-11-8-26-5-1-2-10-33-26)19-23-9-14-36-22-24(23)4-3-17-39-28-7-6-27(35-15-12-31-13-16-35)18-25(28)20-32-21-30(36)38/h1-2,5-7,10,18,23-24,31-32H,3-4,8-9,11-17,19-22H2,(H,34,37)/t23-,24-/m0/s1. The minimum absolute atomic E-state index is 0.0887. The van der Waals surface area contributed by atoms with E-state index in [4.69, 9.17) is 4.74 Å². The van der Waals surface area contributed by atoms with Crippen LogP contribution in [0.1, 0.15) is 36.9 Å². The third-order valence-electron chi connectivity index (χ3n) is 8.22. The van der Waals surface area contributed by atoms with Crippen LogP contribution in [-0.2, 0) is 22.6 Å². The lowest BCUT2D eigenvalue weighted by atomic mass is 9.80. The van der Waals surface area contributed by atoms with E-state index >= 15 is 0 Å². The Kier molecular flexibility index (Phi) is 9.66. The number of nitrogens with zero attached hydrogens (tertiary/aromatic N) is 3. The number of amides is 2. The van der Waals surface area contributed by atoms with Crippen molar-refractivity contribution in [1.29, 1.82) is 0 Å². The number of ether oxygens (including phenoxy) is 1. The Morgan fingerprint density at radius 2 is 1.95 bits per heavy atom. The maximum Gasteiger partial charge on any atom is 0.236 e. The smallest absolute Gasteiger partial charge is 0.236 e. The second-order valence-electron chi connectivity index (χ2n) is 10.9. The molecular weight excluding hydrogens is 492 g/mol. The number of pyridine rings is 1. The van der Waals surface area contributed by atoms with Gasteiger partial charge >= 0.3 is 0 Å². The van der Waals surface area contributed by atoms with Gasteiger partial charge in [-0.15, -0.1) is 0 Å². The number of carbonyl (C=O) groups excluding carboxylic acids is 2. The van der Waals surface area contributed by atoms with Gasteiger partial charge in [0.25, 0.3) is 0 Å². The molecule has 210 valence electrons. The predicted octanol–water partition coefficient (Wildman–Crippen LogP) is 1.97. The van der Waals surface area contributed by atoms with Crippen LogP contribution in [0.5, 0.6) is 5.75 Å². The average Bonchev–Trinajstić information content (AvgIpc) is 2.98. The van der Waals surface area contributed by atoms with E-state index in [1.807, 2.05) is 23.1 Å². The quantitative estimate of drug-likeness (QED) is 0.521. The molecule has 2 atom stereocenters. The number of rotatable bonds is 6. The third-order valence-corrected chi connectivity index (χ3v) is 8.22. The number of fused-ring (bicyclic) bond motifs is 3. The summed E-state index contributed by atoms with van der Waals surface area (Å²) in [6, 6.07) is 12.3. The van der Waals surface area contributed by atoms with Gasteiger partial charge in [0.1, 0.15) is 5.75 Å². The van der Waals surface area contributed by atoms with E-state index in [0.29, 0.717) is 51.7 Å². The zero-order chi connectivity index (χ0) is 26.9. The van der Waals surface area contributed by atoms with Crippen molar-refractivity contribution in [2.45, 2.75) is 38.6 Å². The molecule has 0 unspecified atom stereocenters. The first kappa shape index (κ1) is 27.4. The van der Waals surface area contributed by atoms with E-state index in [0.717, 1.165) is 68.9 Å². The van der Waals surface area contributed by atoms with Gasteiger partial charge in [-0.2, -0.15) is 0 Å². The highest BCUT2D eigenvalue weighted by atomic mass is 16.5. The van der Waals surface area contributed by atoms with Crippen molar-refractivity contribution in [3.05, 3.63) is 53.9 Å². The maximum absolute atomic E-state index is 13.1. The highest BCUT2D eigenvalue weighted by Crippen LogP contribution is 2.31. The van der Waals surface area contributed by atoms with Gasteiger partial charge in [-0.25, -0.2) is 0 Å². The molecule has 0 radical (unpaired) electrons. The van der Waals surface area contributed by atoms with Crippen LogP contribution in [0.15, 0.2) is 42.6 Å². The first-order chi connectivity index (χ1) is 19.2. The van der Waals surface area contributed by atoms with Crippen LogP contribution in [-0.4, -0.2) is 80.7 Å². The van der Waals surface area contributed by atoms with Crippen LogP contribution in [0.25, 0.3) is 0 Å². The third kappa shape index (κ3) is 7.70. The van der Waals surface area contributed by atoms with Gasteiger partial charge in [0.15, 0.2) is 0 Å². The molecule has 2 aromatic rings. The molecule has 39 heavy (non-hydrogen) atoms. The Bertz CT molecular complexity index is 1090. The molecule has 3 N–H and O–H groups in total. The highest BCUT2D eigenvalue weighted by Gasteiger charge is 2.32. The lowest BCUT2D eigenvalue weighted by Gasteiger charge is -2.38. The number of hydrogen-bond acceptors (Lipinski definition) is 7. The topological polar surface area (TPSA) is 98.8 Å². The van der Waals surface area contributed by atoms with E-state index in [1.165, 1.54) is 5.69 Å². The fourth-order valence-electron chi connectivity index (χ4n) is 6.00. The number of piperazine rings is 1. The van der Waals surface area contributed by atoms with Crippen LogP contribution in [0.4, 0.5) is 5.69 Å². The molecule has 3 aliphatic heterocycles. The first-order valence-electron chi connectivity index (χ1n) is 14.5. The van der Waals surface area contributed by atoms with Gasteiger partial charge in [-0.05, 0) is 61.4 Å². The highest BCUT2D eigenvalue weighted by molar-refractivity contribution is 5.79. The number of aromatic nitrogens is 1. The fraction of sp³-hybridized carbons (Fsp3) is 0.567. The summed E-state index contributed by atoms with van der Waals surface area (Å²) in [5, 5.41) is 9.85. The normalized spacial score (nSPS) is 22.5. The van der Waals surface area contributed by atoms with Crippen LogP contribution in [0, 0.1) is 11.8 Å². The zero-order valence-electron chi connectivity index (χ0n) is 22.9. The molecule has 5 rings (SSSR count). The van der Waals surface area contributed by atoms with Gasteiger partial charge in [0.05, 0.1) is 13.2 Å². The summed E-state index contributed by atoms with van der Waals surface area (Å²) in [5.41, 5.74) is 3.28. The molecule has 4 heterocycles. The van der Waals surface area contributed by atoms with Crippen LogP contribution in [0.3, 0.4) is 0 Å². The minimum atomic E-state index is 0.0887. The predicted molar refractivity (Wildman–Crippen MR) is 152 cm³/mol. The van der Waals surface area contributed by atoms with Crippen molar-refractivity contribution in [1.82, 2.24) is 25.8 Å². The Hall–Kier alpha value is -3.17. The molecule has 3 aliphatic rings. The molecule has 9 nitrogen and oxygen atoms in total. The number of anilines is 1. The molecule has 2 amide bonds. The summed E-state index contributed by atoms with van der Waals surface area (Å²) in [6.45, 7) is 7.52. The van der Waals surface area contributed by atoms with Gasteiger partial charge in [0.2, 0.25) is 11.8 Å². The van der Waals surface area contributed by atoms with Gasteiger partial charge in [0, 0.05) is 88.3 Å². The molecule has 0 spiro atoms. The molecule has 1 aromatic carbocycles. The van der Waals surface area contributed by atoms with Gasteiger partial charge < -0.3 is 30.5 Å². The SMILES string of the molecule is O=C(C[C@@H]1CCN2C[C@@H]1CCCOc1ccc(N3CCNCC3)cc1CNCC2=O)NCCc1ccccn1. The summed E-state index contributed by atoms with van der Waals surface area (Å²) in [5.74, 6) is 1.68. The summed E-state index contributed by atoms with van der Waals surface area (Å²) in [7, 11) is 0. The van der Waals surface area contributed by atoms with Crippen molar-refractivity contribution in [3.8, 4) is 5.75 Å². The molecule has 2 bridgehead atoms. The monoisotopic (exact) mass is 534 g/mol. The lowest BCUT2D eigenvalue weighted by Crippen LogP contribution is -2.47. The molecular formula is C30H42N6O3. The maximum atomic E-state index is 13.1. The Balaban J connectivity index is 1.18. The van der Waals surface area contributed by atoms with E-state index in [-0.39, 0.29) is 17.7 Å². The molecule has 9 heteroatoms. The van der Waals surface area contributed by atoms with Crippen LogP contribution < -0.4 is 25.6 Å². The Morgan fingerprint density at radius 1 is 1.05 bits per heavy atom. The number of piperidine rings is 1. The van der Waals surface area contributed by atoms with E-state index in [2.05, 4.69) is 44.0 Å². The van der Waals surface area contributed by atoms with Crippen molar-refractivity contribution >= 4 is 17.5 Å². The van der Waals surface area contributed by atoms with Crippen LogP contribution in [0.2, 0.25) is 0 Å². The van der Waals surface area contributed by atoms with Crippen LogP contribution >= 0.6 is 0 Å². The second-order valence-corrected chi connectivity index (χ2v) is 10.9. The first-order valence-corrected chi connectivity index (χ1v) is 14.5. The van der Waals surface area contributed by atoms with Crippen molar-refractivity contribution in [2.75, 3.05) is 63.9 Å². The summed E-state index contributed by atoms with van der Waals surface area (Å²) in [6.07, 6.45) is 5.71. The number of nitrogens with one attached hydrogen (secondary N) is 3. The van der Waals surface area contributed by atoms with Gasteiger partial charge in [-0.1, -0.05) is 6.07 Å². The van der Waals surface area contributed by atoms with E-state index < -0.39 is 0 Å². The number of hydrogen-bond donors (Lipinski definition) is 3. The van der Waals surface area contributed by atoms with Crippen molar-refractivity contribution in [3.63, 3.8) is 0 Å². The molecule has 0 saturated carbocycles. The fourth-order valence-corrected chi connectivity index (χ4v) is 6.00. The number of benzene rings is 1. The Morgan fingerprint density at radius 3 is 2.79 bits per heavy atom. The van der Waals surface area contributed by atoms with Crippen molar-refractivity contribution < 1.29 is 14.3 Å². The van der Waals surface area contributed by atoms with E-state index in [1.54, 1.807) is 6.20 Å². The summed E-state index contributed by atoms with van der Waals surface area (Å²) in [4.78, 5) is 34.6. The molecule has 0 aliphatic carbocycles. The second kappa shape index (κ2) is 13.8. The average molecular weight is 535 g/mol. The van der Waals surface area contributed by atoms with Crippen molar-refractivity contribution in [2.24, 2.45) is 11.8 Å². The summed E-state index contributed by atoms with van der Waals surface area (Å²) < 4.78 is 6.26. The largest absolute Gasteiger partial charge is 0.493 e. The molecule has 1 aromatic heterocycles.